The molecule has 0 saturated carbocycles. The maximum absolute atomic E-state index is 11.7. The predicted molar refractivity (Wildman–Crippen MR) is 66.9 cm³/mol. The number of aromatic amines is 1. The Morgan fingerprint density at radius 1 is 1.63 bits per heavy atom. The van der Waals surface area contributed by atoms with Crippen molar-refractivity contribution in [1.29, 1.82) is 0 Å². The summed E-state index contributed by atoms with van der Waals surface area (Å²) in [5.41, 5.74) is -1.34. The summed E-state index contributed by atoms with van der Waals surface area (Å²) in [5.74, 6) is -0.624. The number of aliphatic hydroxyl groups excluding tert-OH is 1. The first-order valence-electron chi connectivity index (χ1n) is 5.72. The average Bonchev–Trinajstić information content (AvgIpc) is 2.36. The zero-order chi connectivity index (χ0) is 14.4. The van der Waals surface area contributed by atoms with Gasteiger partial charge in [-0.1, -0.05) is 6.92 Å². The number of aromatic nitrogens is 1. The lowest BCUT2D eigenvalue weighted by molar-refractivity contribution is -0.385. The van der Waals surface area contributed by atoms with Gasteiger partial charge in [0, 0.05) is 19.2 Å². The highest BCUT2D eigenvalue weighted by atomic mass is 16.6. The van der Waals surface area contributed by atoms with Gasteiger partial charge in [0.2, 0.25) is 0 Å². The van der Waals surface area contributed by atoms with Gasteiger partial charge in [-0.15, -0.1) is 0 Å². The Balaban J connectivity index is 2.79. The number of carbonyl (C=O) groups excluding carboxylic acids is 1. The van der Waals surface area contributed by atoms with Crippen LogP contribution in [-0.2, 0) is 0 Å². The van der Waals surface area contributed by atoms with Crippen LogP contribution >= 0.6 is 0 Å². The van der Waals surface area contributed by atoms with E-state index in [0.29, 0.717) is 6.42 Å². The molecular weight excluding hydrogens is 254 g/mol. The molecule has 3 N–H and O–H groups in total. The molecule has 0 aliphatic heterocycles. The molecule has 19 heavy (non-hydrogen) atoms. The molecule has 1 rings (SSSR count). The van der Waals surface area contributed by atoms with E-state index in [2.05, 4.69) is 10.3 Å². The van der Waals surface area contributed by atoms with Crippen LogP contribution in [0.2, 0.25) is 0 Å². The Hall–Kier alpha value is -2.22. The molecule has 1 heterocycles. The molecule has 0 aliphatic carbocycles. The van der Waals surface area contributed by atoms with Gasteiger partial charge in [0.25, 0.3) is 17.2 Å². The SMILES string of the molecule is CC(CCO)CNC(=O)c1cc([N+](=O)[O-])c[nH]c1=O. The molecule has 8 nitrogen and oxygen atoms in total. The maximum atomic E-state index is 11.7. The van der Waals surface area contributed by atoms with E-state index in [9.17, 15) is 19.7 Å². The summed E-state index contributed by atoms with van der Waals surface area (Å²) >= 11 is 0. The monoisotopic (exact) mass is 269 g/mol. The van der Waals surface area contributed by atoms with Gasteiger partial charge in [-0.2, -0.15) is 0 Å². The summed E-state index contributed by atoms with van der Waals surface area (Å²) in [4.78, 5) is 35.2. The second kappa shape index (κ2) is 6.64. The van der Waals surface area contributed by atoms with Crippen molar-refractivity contribution in [2.75, 3.05) is 13.2 Å². The smallest absolute Gasteiger partial charge is 0.286 e. The van der Waals surface area contributed by atoms with E-state index in [1.54, 1.807) is 0 Å². The van der Waals surface area contributed by atoms with Crippen LogP contribution in [0.5, 0.6) is 0 Å². The molecule has 1 atom stereocenters. The zero-order valence-electron chi connectivity index (χ0n) is 10.4. The largest absolute Gasteiger partial charge is 0.396 e. The minimum atomic E-state index is -0.693. The molecule has 0 aliphatic rings. The second-order valence-corrected chi connectivity index (χ2v) is 4.19. The highest BCUT2D eigenvalue weighted by Gasteiger charge is 2.16. The Morgan fingerprint density at radius 3 is 2.89 bits per heavy atom. The first-order chi connectivity index (χ1) is 8.95. The van der Waals surface area contributed by atoms with Crippen molar-refractivity contribution in [3.8, 4) is 0 Å². The normalized spacial score (nSPS) is 11.9. The van der Waals surface area contributed by atoms with E-state index in [-0.39, 0.29) is 30.3 Å². The molecule has 1 unspecified atom stereocenters. The number of hydrogen-bond acceptors (Lipinski definition) is 5. The van der Waals surface area contributed by atoms with E-state index < -0.39 is 16.4 Å². The van der Waals surface area contributed by atoms with Crippen molar-refractivity contribution < 1.29 is 14.8 Å². The summed E-state index contributed by atoms with van der Waals surface area (Å²) in [7, 11) is 0. The van der Waals surface area contributed by atoms with Gasteiger partial charge in [0.05, 0.1) is 11.1 Å². The van der Waals surface area contributed by atoms with Gasteiger partial charge >= 0.3 is 0 Å². The number of aliphatic hydroxyl groups is 1. The first kappa shape index (κ1) is 14.8. The topological polar surface area (TPSA) is 125 Å². The quantitative estimate of drug-likeness (QED) is 0.496. The Morgan fingerprint density at radius 2 is 2.32 bits per heavy atom. The average molecular weight is 269 g/mol. The minimum Gasteiger partial charge on any atom is -0.396 e. The fourth-order valence-corrected chi connectivity index (χ4v) is 1.43. The molecule has 0 spiro atoms. The van der Waals surface area contributed by atoms with Crippen LogP contribution in [0.15, 0.2) is 17.1 Å². The Labute approximate surface area is 108 Å². The lowest BCUT2D eigenvalue weighted by Gasteiger charge is -2.10. The number of pyridine rings is 1. The molecule has 0 fully saturated rings. The molecule has 0 aromatic carbocycles. The third-order valence-corrected chi connectivity index (χ3v) is 2.58. The lowest BCUT2D eigenvalue weighted by atomic mass is 10.1. The number of rotatable bonds is 6. The number of amides is 1. The molecule has 8 heteroatoms. The van der Waals surface area contributed by atoms with Gasteiger partial charge < -0.3 is 15.4 Å². The Kier molecular flexibility index (Phi) is 5.19. The number of nitro groups is 1. The summed E-state index contributed by atoms with van der Waals surface area (Å²) in [5, 5.41) is 21.8. The fourth-order valence-electron chi connectivity index (χ4n) is 1.43. The van der Waals surface area contributed by atoms with E-state index >= 15 is 0 Å². The minimum absolute atomic E-state index is 0.00836. The van der Waals surface area contributed by atoms with Crippen LogP contribution in [0, 0.1) is 16.0 Å². The van der Waals surface area contributed by atoms with E-state index in [1.165, 1.54) is 0 Å². The van der Waals surface area contributed by atoms with Crippen LogP contribution in [0.25, 0.3) is 0 Å². The van der Waals surface area contributed by atoms with Crippen molar-refractivity contribution in [2.24, 2.45) is 5.92 Å². The van der Waals surface area contributed by atoms with Crippen molar-refractivity contribution in [3.63, 3.8) is 0 Å². The highest BCUT2D eigenvalue weighted by Crippen LogP contribution is 2.08. The summed E-state index contributed by atoms with van der Waals surface area (Å²) in [6.07, 6.45) is 1.46. The zero-order valence-corrected chi connectivity index (χ0v) is 10.4. The van der Waals surface area contributed by atoms with Crippen LogP contribution in [0.4, 0.5) is 5.69 Å². The maximum Gasteiger partial charge on any atom is 0.286 e. The lowest BCUT2D eigenvalue weighted by Crippen LogP contribution is -2.32. The van der Waals surface area contributed by atoms with Gasteiger partial charge in [0.1, 0.15) is 5.56 Å². The van der Waals surface area contributed by atoms with Gasteiger partial charge in [0.15, 0.2) is 0 Å². The second-order valence-electron chi connectivity index (χ2n) is 4.19. The molecule has 0 bridgehead atoms. The number of nitrogens with one attached hydrogen (secondary N) is 2. The summed E-state index contributed by atoms with van der Waals surface area (Å²) in [6.45, 7) is 2.12. The molecule has 0 saturated heterocycles. The highest BCUT2D eigenvalue weighted by molar-refractivity contribution is 5.94. The number of nitrogens with zero attached hydrogens (tertiary/aromatic N) is 1. The summed E-state index contributed by atoms with van der Waals surface area (Å²) in [6, 6.07) is 0.935. The number of carbonyl (C=O) groups is 1. The predicted octanol–water partition coefficient (Wildman–Crippen LogP) is 0.0314. The van der Waals surface area contributed by atoms with E-state index in [1.807, 2.05) is 6.92 Å². The van der Waals surface area contributed by atoms with E-state index in [4.69, 9.17) is 5.11 Å². The van der Waals surface area contributed by atoms with Gasteiger partial charge in [-0.3, -0.25) is 19.7 Å². The fraction of sp³-hybridized carbons (Fsp3) is 0.455. The van der Waals surface area contributed by atoms with Crippen LogP contribution in [-0.4, -0.2) is 34.1 Å². The first-order valence-corrected chi connectivity index (χ1v) is 5.72. The van der Waals surface area contributed by atoms with Crippen molar-refractivity contribution in [2.45, 2.75) is 13.3 Å². The third-order valence-electron chi connectivity index (χ3n) is 2.58. The van der Waals surface area contributed by atoms with Crippen LogP contribution in [0.3, 0.4) is 0 Å². The molecular formula is C11H15N3O5. The van der Waals surface area contributed by atoms with Gasteiger partial charge in [-0.25, -0.2) is 0 Å². The van der Waals surface area contributed by atoms with E-state index in [0.717, 1.165) is 12.3 Å². The third kappa shape index (κ3) is 4.18. The van der Waals surface area contributed by atoms with Crippen molar-refractivity contribution in [1.82, 2.24) is 10.3 Å². The van der Waals surface area contributed by atoms with Crippen molar-refractivity contribution >= 4 is 11.6 Å². The van der Waals surface area contributed by atoms with Gasteiger partial charge in [-0.05, 0) is 12.3 Å². The molecule has 1 aromatic heterocycles. The Bertz CT molecular complexity index is 525. The summed E-state index contributed by atoms with van der Waals surface area (Å²) < 4.78 is 0. The standard InChI is InChI=1S/C11H15N3O5/c1-7(2-3-15)5-12-10(16)9-4-8(14(18)19)6-13-11(9)17/h4,6-7,15H,2-3,5H2,1H3,(H,12,16)(H,13,17). The number of hydrogen-bond donors (Lipinski definition) is 3. The number of H-pyrrole nitrogens is 1. The molecule has 1 aromatic rings. The van der Waals surface area contributed by atoms with Crippen LogP contribution < -0.4 is 10.9 Å². The van der Waals surface area contributed by atoms with Crippen molar-refractivity contribution in [3.05, 3.63) is 38.3 Å². The molecule has 104 valence electrons. The molecule has 0 radical (unpaired) electrons. The molecule has 1 amide bonds. The van der Waals surface area contributed by atoms with Crippen LogP contribution in [0.1, 0.15) is 23.7 Å².